The van der Waals surface area contributed by atoms with Crippen molar-refractivity contribution < 1.29 is 13.0 Å². The van der Waals surface area contributed by atoms with Crippen molar-refractivity contribution in [2.45, 2.75) is 13.1 Å². The Morgan fingerprint density at radius 3 is 2.11 bits per heavy atom. The fraction of sp³-hybridized carbons (Fsp3) is 1.00. The molecule has 0 aliphatic heterocycles. The molecule has 0 aromatic rings. The van der Waals surface area contributed by atoms with E-state index in [-0.39, 0.29) is 0 Å². The molecule has 0 N–H and O–H groups in total. The summed E-state index contributed by atoms with van der Waals surface area (Å²) in [5, 5.41) is 0. The first-order chi connectivity index (χ1) is 4.12. The van der Waals surface area contributed by atoms with Gasteiger partial charge in [-0.15, -0.1) is 0 Å². The topological polar surface area (TPSA) is 27.7 Å². The normalized spacial score (nSPS) is 13.3. The largest absolute Gasteiger partial charge is 0.419 e. The monoisotopic (exact) mass is 166 g/mol. The van der Waals surface area contributed by atoms with E-state index in [0.29, 0.717) is 0 Å². The van der Waals surface area contributed by atoms with Gasteiger partial charge in [0.2, 0.25) is 0 Å². The molecular formula is C4H14O3Si2. The summed E-state index contributed by atoms with van der Waals surface area (Å²) in [6.07, 6.45) is 0. The second-order valence-electron chi connectivity index (χ2n) is 2.15. The maximum atomic E-state index is 5.36. The number of hydrogen-bond donors (Lipinski definition) is 0. The van der Waals surface area contributed by atoms with Gasteiger partial charge < -0.3 is 13.0 Å². The summed E-state index contributed by atoms with van der Waals surface area (Å²) >= 11 is 0. The van der Waals surface area contributed by atoms with Crippen LogP contribution in [0.5, 0.6) is 0 Å². The van der Waals surface area contributed by atoms with Crippen molar-refractivity contribution in [1.29, 1.82) is 0 Å². The SMILES string of the molecule is CO[SiH2]O[Si](C)(C)OC. The molecule has 0 radical (unpaired) electrons. The van der Waals surface area contributed by atoms with Crippen LogP contribution < -0.4 is 0 Å². The lowest BCUT2D eigenvalue weighted by atomic mass is 11.8. The Kier molecular flexibility index (Phi) is 4.33. The van der Waals surface area contributed by atoms with Crippen molar-refractivity contribution >= 4 is 18.6 Å². The van der Waals surface area contributed by atoms with Crippen molar-refractivity contribution in [3.8, 4) is 0 Å². The molecular weight excluding hydrogens is 152 g/mol. The van der Waals surface area contributed by atoms with E-state index in [4.69, 9.17) is 13.0 Å². The lowest BCUT2D eigenvalue weighted by Crippen LogP contribution is -2.35. The van der Waals surface area contributed by atoms with E-state index in [1.165, 1.54) is 0 Å². The van der Waals surface area contributed by atoms with Crippen molar-refractivity contribution in [1.82, 2.24) is 0 Å². The molecule has 0 heterocycles. The van der Waals surface area contributed by atoms with Crippen LogP contribution in [0.25, 0.3) is 0 Å². The Labute approximate surface area is 59.6 Å². The molecule has 0 fully saturated rings. The minimum atomic E-state index is -1.76. The maximum Gasteiger partial charge on any atom is 0.322 e. The average molecular weight is 166 g/mol. The summed E-state index contributed by atoms with van der Waals surface area (Å²) in [5.74, 6) is 0. The van der Waals surface area contributed by atoms with Gasteiger partial charge in [-0.25, -0.2) is 0 Å². The van der Waals surface area contributed by atoms with Gasteiger partial charge in [-0.3, -0.25) is 0 Å². The van der Waals surface area contributed by atoms with Crippen LogP contribution in [0, 0.1) is 0 Å². The molecule has 0 saturated carbocycles. The van der Waals surface area contributed by atoms with E-state index in [1.807, 2.05) is 13.1 Å². The van der Waals surface area contributed by atoms with Crippen LogP contribution in [0.4, 0.5) is 0 Å². The highest BCUT2D eigenvalue weighted by molar-refractivity contribution is 6.68. The van der Waals surface area contributed by atoms with Gasteiger partial charge in [0.05, 0.1) is 0 Å². The lowest BCUT2D eigenvalue weighted by Gasteiger charge is -2.19. The highest BCUT2D eigenvalue weighted by Gasteiger charge is 2.21. The second-order valence-corrected chi connectivity index (χ2v) is 7.33. The Morgan fingerprint density at radius 2 is 1.78 bits per heavy atom. The van der Waals surface area contributed by atoms with Gasteiger partial charge in [0.15, 0.2) is 0 Å². The van der Waals surface area contributed by atoms with Crippen LogP contribution in [0.2, 0.25) is 13.1 Å². The van der Waals surface area contributed by atoms with E-state index in [1.54, 1.807) is 14.2 Å². The highest BCUT2D eigenvalue weighted by atomic mass is 28.4. The molecule has 0 rings (SSSR count). The second kappa shape index (κ2) is 4.18. The van der Waals surface area contributed by atoms with Gasteiger partial charge in [0, 0.05) is 14.2 Å². The molecule has 0 unspecified atom stereocenters. The Balaban J connectivity index is 3.33. The molecule has 0 saturated heterocycles. The average Bonchev–Trinajstić information content (AvgIpc) is 1.84. The predicted octanol–water partition coefficient (Wildman–Crippen LogP) is -0.00360. The van der Waals surface area contributed by atoms with Crippen molar-refractivity contribution in [2.24, 2.45) is 0 Å². The molecule has 0 bridgehead atoms. The van der Waals surface area contributed by atoms with E-state index in [9.17, 15) is 0 Å². The van der Waals surface area contributed by atoms with E-state index in [0.717, 1.165) is 0 Å². The first-order valence-corrected chi connectivity index (χ1v) is 6.77. The third-order valence-electron chi connectivity index (χ3n) is 1.02. The summed E-state index contributed by atoms with van der Waals surface area (Å²) in [6.45, 7) is 4.00. The van der Waals surface area contributed by atoms with Crippen molar-refractivity contribution in [2.75, 3.05) is 14.2 Å². The van der Waals surface area contributed by atoms with Gasteiger partial charge in [0.1, 0.15) is 0 Å². The highest BCUT2D eigenvalue weighted by Crippen LogP contribution is 2.01. The lowest BCUT2D eigenvalue weighted by molar-refractivity contribution is 0.282. The van der Waals surface area contributed by atoms with Crippen molar-refractivity contribution in [3.63, 3.8) is 0 Å². The van der Waals surface area contributed by atoms with Crippen LogP contribution in [-0.4, -0.2) is 32.8 Å². The van der Waals surface area contributed by atoms with Crippen LogP contribution in [0.1, 0.15) is 0 Å². The molecule has 9 heavy (non-hydrogen) atoms. The van der Waals surface area contributed by atoms with Crippen molar-refractivity contribution in [3.05, 3.63) is 0 Å². The number of hydrogen-bond acceptors (Lipinski definition) is 3. The molecule has 0 amide bonds. The zero-order chi connectivity index (χ0) is 7.33. The number of rotatable bonds is 4. The predicted molar refractivity (Wildman–Crippen MR) is 41.1 cm³/mol. The standard InChI is InChI=1S/C4H14O3Si2/c1-5-8-7-9(3,4)6-2/h8H2,1-4H3. The quantitative estimate of drug-likeness (QED) is 0.550. The summed E-state index contributed by atoms with van der Waals surface area (Å²) in [4.78, 5) is 0. The first-order valence-electron chi connectivity index (χ1n) is 2.80. The van der Waals surface area contributed by atoms with E-state index < -0.39 is 18.6 Å². The van der Waals surface area contributed by atoms with Crippen LogP contribution in [0.3, 0.4) is 0 Å². The summed E-state index contributed by atoms with van der Waals surface area (Å²) in [6, 6.07) is 0. The summed E-state index contributed by atoms with van der Waals surface area (Å²) in [7, 11) is 0.818. The van der Waals surface area contributed by atoms with Gasteiger partial charge in [-0.05, 0) is 13.1 Å². The molecule has 3 nitrogen and oxygen atoms in total. The minimum absolute atomic E-state index is 0.757. The molecule has 0 atom stereocenters. The molecule has 0 spiro atoms. The Bertz CT molecular complexity index is 76.2. The Hall–Kier alpha value is 0.314. The minimum Gasteiger partial charge on any atom is -0.419 e. The first kappa shape index (κ1) is 9.31. The molecule has 0 aliphatic carbocycles. The molecule has 0 aromatic carbocycles. The van der Waals surface area contributed by atoms with Gasteiger partial charge >= 0.3 is 8.56 Å². The molecule has 0 aliphatic rings. The molecule has 5 heteroatoms. The molecule has 0 aromatic heterocycles. The fourth-order valence-electron chi connectivity index (χ4n) is 0.260. The van der Waals surface area contributed by atoms with E-state index in [2.05, 4.69) is 0 Å². The summed E-state index contributed by atoms with van der Waals surface area (Å²) in [5.41, 5.74) is 0. The zero-order valence-electron chi connectivity index (χ0n) is 6.43. The molecule has 56 valence electrons. The van der Waals surface area contributed by atoms with Crippen LogP contribution in [-0.2, 0) is 13.0 Å². The van der Waals surface area contributed by atoms with Gasteiger partial charge in [-0.1, -0.05) is 0 Å². The van der Waals surface area contributed by atoms with E-state index >= 15 is 0 Å². The third kappa shape index (κ3) is 4.79. The Morgan fingerprint density at radius 1 is 1.22 bits per heavy atom. The smallest absolute Gasteiger partial charge is 0.322 e. The van der Waals surface area contributed by atoms with Crippen LogP contribution in [0.15, 0.2) is 0 Å². The van der Waals surface area contributed by atoms with Crippen LogP contribution >= 0.6 is 0 Å². The third-order valence-corrected chi connectivity index (χ3v) is 5.49. The fourth-order valence-corrected chi connectivity index (χ4v) is 2.34. The zero-order valence-corrected chi connectivity index (χ0v) is 8.85. The van der Waals surface area contributed by atoms with Gasteiger partial charge in [-0.2, -0.15) is 0 Å². The maximum absolute atomic E-state index is 5.36. The van der Waals surface area contributed by atoms with Gasteiger partial charge in [0.25, 0.3) is 10.0 Å². The summed E-state index contributed by atoms with van der Waals surface area (Å²) < 4.78 is 15.3.